The predicted octanol–water partition coefficient (Wildman–Crippen LogP) is 3.04. The van der Waals surface area contributed by atoms with Crippen molar-refractivity contribution >= 4 is 27.4 Å². The molecule has 0 aliphatic heterocycles. The van der Waals surface area contributed by atoms with Gasteiger partial charge in [-0.15, -0.1) is 0 Å². The molecule has 0 saturated carbocycles. The maximum Gasteiger partial charge on any atom is 0.123 e. The predicted molar refractivity (Wildman–Crippen MR) is 70.1 cm³/mol. The number of hydrogen-bond acceptors (Lipinski definition) is 3. The van der Waals surface area contributed by atoms with Crippen LogP contribution in [0, 0.1) is 0 Å². The Kier molecular flexibility index (Phi) is 3.41. The summed E-state index contributed by atoms with van der Waals surface area (Å²) in [5.41, 5.74) is 7.59. The number of nitrogens with zero attached hydrogens (tertiary/aromatic N) is 1. The zero-order chi connectivity index (χ0) is 11.4. The largest absolute Gasteiger partial charge is 0.384 e. The molecular weight excluding hydrogens is 266 g/mol. The third kappa shape index (κ3) is 2.97. The number of aromatic nitrogens is 1. The Hall–Kier alpha value is -1.55. The van der Waals surface area contributed by atoms with E-state index in [-0.39, 0.29) is 0 Å². The molecule has 1 heterocycles. The third-order valence-electron chi connectivity index (χ3n) is 2.13. The van der Waals surface area contributed by atoms with Crippen LogP contribution in [0.3, 0.4) is 0 Å². The van der Waals surface area contributed by atoms with Gasteiger partial charge in [-0.25, -0.2) is 4.98 Å². The van der Waals surface area contributed by atoms with E-state index in [1.807, 2.05) is 36.4 Å². The van der Waals surface area contributed by atoms with E-state index in [0.717, 1.165) is 15.9 Å². The Balaban J connectivity index is 2.02. The van der Waals surface area contributed by atoms with Crippen LogP contribution in [-0.4, -0.2) is 4.98 Å². The Morgan fingerprint density at radius 2 is 2.00 bits per heavy atom. The summed E-state index contributed by atoms with van der Waals surface area (Å²) in [6.07, 6.45) is 0. The van der Waals surface area contributed by atoms with Gasteiger partial charge in [-0.05, 0) is 30.3 Å². The lowest BCUT2D eigenvalue weighted by molar-refractivity contribution is 1.05. The molecule has 16 heavy (non-hydrogen) atoms. The molecule has 2 aromatic rings. The second kappa shape index (κ2) is 4.99. The van der Waals surface area contributed by atoms with Gasteiger partial charge in [0, 0.05) is 10.2 Å². The van der Waals surface area contributed by atoms with Crippen LogP contribution in [0.1, 0.15) is 5.69 Å². The quantitative estimate of drug-likeness (QED) is 0.907. The zero-order valence-corrected chi connectivity index (χ0v) is 10.2. The van der Waals surface area contributed by atoms with Crippen LogP contribution in [0.25, 0.3) is 0 Å². The number of rotatable bonds is 3. The number of halogens is 1. The Bertz CT molecular complexity index is 440. The average Bonchev–Trinajstić information content (AvgIpc) is 2.27. The highest BCUT2D eigenvalue weighted by molar-refractivity contribution is 9.10. The summed E-state index contributed by atoms with van der Waals surface area (Å²) in [6, 6.07) is 13.6. The molecule has 0 bridgehead atoms. The summed E-state index contributed by atoms with van der Waals surface area (Å²) >= 11 is 3.42. The minimum Gasteiger partial charge on any atom is -0.384 e. The summed E-state index contributed by atoms with van der Waals surface area (Å²) in [6.45, 7) is 0.668. The molecule has 1 aromatic heterocycles. The van der Waals surface area contributed by atoms with Gasteiger partial charge in [0.2, 0.25) is 0 Å². The molecule has 3 nitrogen and oxygen atoms in total. The summed E-state index contributed by atoms with van der Waals surface area (Å²) < 4.78 is 1.05. The first kappa shape index (κ1) is 11.0. The first-order chi connectivity index (χ1) is 7.74. The zero-order valence-electron chi connectivity index (χ0n) is 8.65. The van der Waals surface area contributed by atoms with Crippen molar-refractivity contribution in [2.45, 2.75) is 6.54 Å². The highest BCUT2D eigenvalue weighted by atomic mass is 79.9. The van der Waals surface area contributed by atoms with Crippen LogP contribution in [0.2, 0.25) is 0 Å². The normalized spacial score (nSPS) is 10.1. The molecule has 0 unspecified atom stereocenters. The van der Waals surface area contributed by atoms with Gasteiger partial charge >= 0.3 is 0 Å². The van der Waals surface area contributed by atoms with Gasteiger partial charge in [-0.1, -0.05) is 28.1 Å². The lowest BCUT2D eigenvalue weighted by Crippen LogP contribution is -2.02. The van der Waals surface area contributed by atoms with E-state index in [9.17, 15) is 0 Å². The van der Waals surface area contributed by atoms with Crippen molar-refractivity contribution in [3.63, 3.8) is 0 Å². The molecule has 0 spiro atoms. The molecule has 0 saturated heterocycles. The van der Waals surface area contributed by atoms with Gasteiger partial charge in [0.1, 0.15) is 5.82 Å². The minimum absolute atomic E-state index is 0.550. The average molecular weight is 278 g/mol. The number of nitrogens with one attached hydrogen (secondary N) is 1. The summed E-state index contributed by atoms with van der Waals surface area (Å²) in [5.74, 6) is 0.550. The van der Waals surface area contributed by atoms with Crippen molar-refractivity contribution < 1.29 is 0 Å². The molecular formula is C12H12BrN3. The third-order valence-corrected chi connectivity index (χ3v) is 2.62. The monoisotopic (exact) mass is 277 g/mol. The van der Waals surface area contributed by atoms with Crippen molar-refractivity contribution in [1.82, 2.24) is 4.98 Å². The summed E-state index contributed by atoms with van der Waals surface area (Å²) in [7, 11) is 0. The van der Waals surface area contributed by atoms with E-state index < -0.39 is 0 Å². The molecule has 0 fully saturated rings. The van der Waals surface area contributed by atoms with Crippen molar-refractivity contribution in [2.75, 3.05) is 11.1 Å². The van der Waals surface area contributed by atoms with Crippen LogP contribution in [0.15, 0.2) is 46.9 Å². The number of hydrogen-bond donors (Lipinski definition) is 2. The molecule has 1 aromatic carbocycles. The lowest BCUT2D eigenvalue weighted by atomic mass is 10.3. The van der Waals surface area contributed by atoms with E-state index >= 15 is 0 Å². The molecule has 2 rings (SSSR count). The van der Waals surface area contributed by atoms with Crippen molar-refractivity contribution in [2.24, 2.45) is 0 Å². The number of anilines is 2. The smallest absolute Gasteiger partial charge is 0.123 e. The summed E-state index contributed by atoms with van der Waals surface area (Å²) in [4.78, 5) is 4.21. The van der Waals surface area contributed by atoms with Gasteiger partial charge in [-0.2, -0.15) is 0 Å². The second-order valence-corrected chi connectivity index (χ2v) is 4.33. The molecule has 82 valence electrons. The fraction of sp³-hybridized carbons (Fsp3) is 0.0833. The lowest BCUT2D eigenvalue weighted by Gasteiger charge is -2.06. The molecule has 0 radical (unpaired) electrons. The maximum atomic E-state index is 5.61. The molecule has 0 aliphatic rings. The van der Waals surface area contributed by atoms with Crippen molar-refractivity contribution in [1.29, 1.82) is 0 Å². The highest BCUT2D eigenvalue weighted by Gasteiger charge is 1.96. The Morgan fingerprint density at radius 3 is 2.75 bits per heavy atom. The van der Waals surface area contributed by atoms with E-state index in [4.69, 9.17) is 5.73 Å². The van der Waals surface area contributed by atoms with Gasteiger partial charge in [0.25, 0.3) is 0 Å². The van der Waals surface area contributed by atoms with Crippen LogP contribution in [0.5, 0.6) is 0 Å². The topological polar surface area (TPSA) is 50.9 Å². The fourth-order valence-corrected chi connectivity index (χ4v) is 1.79. The maximum absolute atomic E-state index is 5.61. The van der Waals surface area contributed by atoms with E-state index in [0.29, 0.717) is 12.4 Å². The molecule has 4 heteroatoms. The van der Waals surface area contributed by atoms with Crippen LogP contribution in [0.4, 0.5) is 11.5 Å². The van der Waals surface area contributed by atoms with Gasteiger partial charge in [-0.3, -0.25) is 0 Å². The van der Waals surface area contributed by atoms with Gasteiger partial charge < -0.3 is 11.1 Å². The number of nitrogen functional groups attached to an aromatic ring is 1. The summed E-state index contributed by atoms with van der Waals surface area (Å²) in [5, 5.41) is 3.28. The van der Waals surface area contributed by atoms with E-state index in [2.05, 4.69) is 26.2 Å². The van der Waals surface area contributed by atoms with Crippen LogP contribution in [-0.2, 0) is 6.54 Å². The van der Waals surface area contributed by atoms with Crippen LogP contribution < -0.4 is 11.1 Å². The molecule has 0 atom stereocenters. The highest BCUT2D eigenvalue weighted by Crippen LogP contribution is 2.16. The molecule has 0 aliphatic carbocycles. The molecule has 0 amide bonds. The SMILES string of the molecule is Nc1cccc(CNc2cccc(Br)c2)n1. The number of benzene rings is 1. The van der Waals surface area contributed by atoms with Crippen LogP contribution >= 0.6 is 15.9 Å². The van der Waals surface area contributed by atoms with E-state index in [1.165, 1.54) is 0 Å². The van der Waals surface area contributed by atoms with Crippen molar-refractivity contribution in [3.8, 4) is 0 Å². The van der Waals surface area contributed by atoms with Gasteiger partial charge in [0.15, 0.2) is 0 Å². The molecule has 3 N–H and O–H groups in total. The second-order valence-electron chi connectivity index (χ2n) is 3.42. The first-order valence-corrected chi connectivity index (χ1v) is 5.74. The Morgan fingerprint density at radius 1 is 1.19 bits per heavy atom. The Labute approximate surface area is 103 Å². The minimum atomic E-state index is 0.550. The number of nitrogens with two attached hydrogens (primary N) is 1. The number of pyridine rings is 1. The van der Waals surface area contributed by atoms with E-state index in [1.54, 1.807) is 6.07 Å². The van der Waals surface area contributed by atoms with Gasteiger partial charge in [0.05, 0.1) is 12.2 Å². The fourth-order valence-electron chi connectivity index (χ4n) is 1.39. The standard InChI is InChI=1S/C12H12BrN3/c13-9-3-1-4-10(7-9)15-8-11-5-2-6-12(14)16-11/h1-7,15H,8H2,(H2,14,16). The first-order valence-electron chi connectivity index (χ1n) is 4.95. The van der Waals surface area contributed by atoms with Crippen molar-refractivity contribution in [3.05, 3.63) is 52.6 Å².